The molecule has 1 aliphatic heterocycles. The highest BCUT2D eigenvalue weighted by molar-refractivity contribution is 5.84. The highest BCUT2D eigenvalue weighted by atomic mass is 19.3. The molecule has 0 radical (unpaired) electrons. The number of alkyl halides is 2. The Morgan fingerprint density at radius 1 is 1.21 bits per heavy atom. The Balaban J connectivity index is 2.12. The van der Waals surface area contributed by atoms with Crippen molar-refractivity contribution in [2.75, 3.05) is 6.61 Å². The lowest BCUT2D eigenvalue weighted by Crippen LogP contribution is -2.47. The Morgan fingerprint density at radius 3 is 2.29 bits per heavy atom. The van der Waals surface area contributed by atoms with Gasteiger partial charge in [-0.3, -0.25) is 0 Å². The molecule has 2 aliphatic rings. The summed E-state index contributed by atoms with van der Waals surface area (Å²) >= 11 is 0. The average Bonchev–Trinajstić information content (AvgIpc) is 2.44. The van der Waals surface area contributed by atoms with Gasteiger partial charge < -0.3 is 9.94 Å². The second kappa shape index (κ2) is 3.15. The number of ether oxygens (including phenoxy) is 1. The van der Waals surface area contributed by atoms with Crippen molar-refractivity contribution in [1.82, 2.24) is 0 Å². The van der Waals surface area contributed by atoms with Crippen LogP contribution in [0.1, 0.15) is 32.1 Å². The standard InChI is InChI=1S/C9H13F2NO2/c10-9(11)5-6-14-8(9)3-1-7(12-13)2-4-8/h13H,1-6H2. The summed E-state index contributed by atoms with van der Waals surface area (Å²) in [6.45, 7) is 0.138. The first-order valence-corrected chi connectivity index (χ1v) is 4.81. The number of hydrogen-bond donors (Lipinski definition) is 1. The molecule has 14 heavy (non-hydrogen) atoms. The molecule has 1 saturated carbocycles. The smallest absolute Gasteiger partial charge is 0.278 e. The third-order valence-corrected chi connectivity index (χ3v) is 3.24. The minimum absolute atomic E-state index is 0.138. The van der Waals surface area contributed by atoms with Gasteiger partial charge in [0.15, 0.2) is 0 Å². The van der Waals surface area contributed by atoms with Gasteiger partial charge in [0.2, 0.25) is 0 Å². The number of halogens is 2. The number of hydrogen-bond acceptors (Lipinski definition) is 3. The van der Waals surface area contributed by atoms with Crippen LogP contribution in [0.3, 0.4) is 0 Å². The summed E-state index contributed by atoms with van der Waals surface area (Å²) in [5.41, 5.74) is -0.678. The molecule has 3 nitrogen and oxygen atoms in total. The van der Waals surface area contributed by atoms with Crippen LogP contribution in [0.2, 0.25) is 0 Å². The molecule has 0 aromatic carbocycles. The van der Waals surface area contributed by atoms with Gasteiger partial charge in [-0.25, -0.2) is 8.78 Å². The zero-order chi connectivity index (χ0) is 10.2. The summed E-state index contributed by atoms with van der Waals surface area (Å²) in [5, 5.41) is 11.6. The first kappa shape index (κ1) is 9.83. The number of rotatable bonds is 0. The van der Waals surface area contributed by atoms with Gasteiger partial charge in [-0.05, 0) is 25.7 Å². The molecule has 0 bridgehead atoms. The quantitative estimate of drug-likeness (QED) is 0.486. The van der Waals surface area contributed by atoms with Crippen molar-refractivity contribution >= 4 is 5.71 Å². The van der Waals surface area contributed by atoms with E-state index in [1.807, 2.05) is 0 Å². The molecule has 0 unspecified atom stereocenters. The topological polar surface area (TPSA) is 41.8 Å². The van der Waals surface area contributed by atoms with E-state index < -0.39 is 11.5 Å². The van der Waals surface area contributed by atoms with E-state index >= 15 is 0 Å². The monoisotopic (exact) mass is 205 g/mol. The molecule has 1 N–H and O–H groups in total. The maximum absolute atomic E-state index is 13.5. The van der Waals surface area contributed by atoms with Crippen LogP contribution in [-0.2, 0) is 4.74 Å². The molecule has 0 atom stereocenters. The molecule has 0 aromatic rings. The van der Waals surface area contributed by atoms with E-state index in [1.54, 1.807) is 0 Å². The van der Waals surface area contributed by atoms with Crippen molar-refractivity contribution in [1.29, 1.82) is 0 Å². The van der Waals surface area contributed by atoms with Crippen molar-refractivity contribution in [3.63, 3.8) is 0 Å². The average molecular weight is 205 g/mol. The molecule has 5 heteroatoms. The van der Waals surface area contributed by atoms with Crippen molar-refractivity contribution < 1.29 is 18.7 Å². The summed E-state index contributed by atoms with van der Waals surface area (Å²) < 4.78 is 32.2. The minimum Gasteiger partial charge on any atom is -0.411 e. The van der Waals surface area contributed by atoms with E-state index in [4.69, 9.17) is 9.94 Å². The minimum atomic E-state index is -2.71. The van der Waals surface area contributed by atoms with Crippen molar-refractivity contribution in [2.24, 2.45) is 5.16 Å². The normalized spacial score (nSPS) is 36.3. The highest BCUT2D eigenvalue weighted by Crippen LogP contribution is 2.48. The van der Waals surface area contributed by atoms with Crippen molar-refractivity contribution in [3.8, 4) is 0 Å². The predicted octanol–water partition coefficient (Wildman–Crippen LogP) is 2.19. The zero-order valence-corrected chi connectivity index (χ0v) is 7.80. The molecule has 2 rings (SSSR count). The summed E-state index contributed by atoms with van der Waals surface area (Å²) in [5.74, 6) is -2.71. The molecule has 1 aliphatic carbocycles. The predicted molar refractivity (Wildman–Crippen MR) is 45.9 cm³/mol. The van der Waals surface area contributed by atoms with Crippen LogP contribution in [0.25, 0.3) is 0 Å². The molecular formula is C9H13F2NO2. The maximum Gasteiger partial charge on any atom is 0.278 e. The second-order valence-corrected chi connectivity index (χ2v) is 3.96. The molecular weight excluding hydrogens is 192 g/mol. The lowest BCUT2D eigenvalue weighted by Gasteiger charge is -2.37. The fourth-order valence-electron chi connectivity index (χ4n) is 2.26. The van der Waals surface area contributed by atoms with E-state index in [2.05, 4.69) is 5.16 Å². The van der Waals surface area contributed by atoms with Gasteiger partial charge in [-0.15, -0.1) is 0 Å². The summed E-state index contributed by atoms with van der Waals surface area (Å²) in [6.07, 6.45) is 1.16. The molecule has 80 valence electrons. The van der Waals surface area contributed by atoms with Gasteiger partial charge >= 0.3 is 0 Å². The third kappa shape index (κ3) is 1.30. The lowest BCUT2D eigenvalue weighted by atomic mass is 9.79. The van der Waals surface area contributed by atoms with Crippen LogP contribution in [0.5, 0.6) is 0 Å². The second-order valence-electron chi connectivity index (χ2n) is 3.96. The molecule has 1 spiro atoms. The first-order chi connectivity index (χ1) is 6.60. The van der Waals surface area contributed by atoms with E-state index in [0.29, 0.717) is 18.6 Å². The van der Waals surface area contributed by atoms with E-state index in [0.717, 1.165) is 0 Å². The molecule has 2 fully saturated rings. The Labute approximate surface area is 80.7 Å². The molecule has 1 heterocycles. The Kier molecular flexibility index (Phi) is 2.21. The van der Waals surface area contributed by atoms with E-state index in [-0.39, 0.29) is 25.9 Å². The van der Waals surface area contributed by atoms with Gasteiger partial charge in [0.05, 0.1) is 12.3 Å². The Morgan fingerprint density at radius 2 is 1.86 bits per heavy atom. The zero-order valence-electron chi connectivity index (χ0n) is 7.80. The maximum atomic E-state index is 13.5. The van der Waals surface area contributed by atoms with Crippen LogP contribution in [-0.4, -0.2) is 29.0 Å². The summed E-state index contributed by atoms with van der Waals surface area (Å²) in [4.78, 5) is 0. The van der Waals surface area contributed by atoms with Crippen LogP contribution >= 0.6 is 0 Å². The number of oxime groups is 1. The fraction of sp³-hybridized carbons (Fsp3) is 0.889. The Hall–Kier alpha value is -0.710. The van der Waals surface area contributed by atoms with Crippen LogP contribution in [0.4, 0.5) is 8.78 Å². The molecule has 0 aromatic heterocycles. The summed E-state index contributed by atoms with van der Waals surface area (Å²) in [7, 11) is 0. The number of nitrogens with zero attached hydrogens (tertiary/aromatic N) is 1. The molecule has 1 saturated heterocycles. The summed E-state index contributed by atoms with van der Waals surface area (Å²) in [6, 6.07) is 0. The van der Waals surface area contributed by atoms with E-state index in [9.17, 15) is 8.78 Å². The van der Waals surface area contributed by atoms with Crippen LogP contribution in [0, 0.1) is 0 Å². The van der Waals surface area contributed by atoms with Crippen LogP contribution < -0.4 is 0 Å². The SMILES string of the molecule is ON=C1CCC2(CC1)OCCC2(F)F. The first-order valence-electron chi connectivity index (χ1n) is 4.81. The van der Waals surface area contributed by atoms with Gasteiger partial charge in [0.25, 0.3) is 5.92 Å². The molecule has 0 amide bonds. The van der Waals surface area contributed by atoms with Gasteiger partial charge in [-0.1, -0.05) is 5.16 Å². The lowest BCUT2D eigenvalue weighted by molar-refractivity contribution is -0.155. The fourth-order valence-corrected chi connectivity index (χ4v) is 2.26. The largest absolute Gasteiger partial charge is 0.411 e. The van der Waals surface area contributed by atoms with Crippen LogP contribution in [0.15, 0.2) is 5.16 Å². The Bertz CT molecular complexity index is 256. The van der Waals surface area contributed by atoms with Gasteiger partial charge in [0, 0.05) is 6.42 Å². The highest BCUT2D eigenvalue weighted by Gasteiger charge is 2.59. The van der Waals surface area contributed by atoms with Gasteiger partial charge in [0.1, 0.15) is 5.60 Å². The van der Waals surface area contributed by atoms with Crippen molar-refractivity contribution in [3.05, 3.63) is 0 Å². The van der Waals surface area contributed by atoms with Crippen molar-refractivity contribution in [2.45, 2.75) is 43.6 Å². The third-order valence-electron chi connectivity index (χ3n) is 3.24. The van der Waals surface area contributed by atoms with Gasteiger partial charge in [-0.2, -0.15) is 0 Å². The van der Waals surface area contributed by atoms with E-state index in [1.165, 1.54) is 0 Å².